The molecule has 0 aliphatic carbocycles. The number of benzene rings is 3. The Morgan fingerprint density at radius 3 is 2.68 bits per heavy atom. The summed E-state index contributed by atoms with van der Waals surface area (Å²) in [5.74, 6) is -0.986. The largest absolute Gasteiger partial charge is 0.324 e. The number of rotatable bonds is 3. The van der Waals surface area contributed by atoms with Gasteiger partial charge < -0.3 is 5.32 Å². The van der Waals surface area contributed by atoms with Crippen LogP contribution in [0, 0.1) is 12.7 Å². The van der Waals surface area contributed by atoms with Crippen LogP contribution in [0.4, 0.5) is 15.8 Å². The van der Waals surface area contributed by atoms with E-state index in [2.05, 4.69) is 5.32 Å². The lowest BCUT2D eigenvalue weighted by atomic mass is 10.1. The van der Waals surface area contributed by atoms with Crippen LogP contribution >= 0.6 is 0 Å². The van der Waals surface area contributed by atoms with Crippen molar-refractivity contribution in [1.29, 1.82) is 0 Å². The van der Waals surface area contributed by atoms with Crippen LogP contribution in [0.15, 0.2) is 54.6 Å². The van der Waals surface area contributed by atoms with Gasteiger partial charge in [-0.05, 0) is 42.1 Å². The highest BCUT2D eigenvalue weighted by atomic mass is 19.1. The number of anilines is 2. The van der Waals surface area contributed by atoms with Gasteiger partial charge in [0.25, 0.3) is 5.91 Å². The molecule has 0 spiro atoms. The Morgan fingerprint density at radius 1 is 1.12 bits per heavy atom. The minimum Gasteiger partial charge on any atom is -0.324 e. The highest BCUT2D eigenvalue weighted by Gasteiger charge is 2.30. The van der Waals surface area contributed by atoms with Gasteiger partial charge in [0.2, 0.25) is 5.91 Å². The number of carbonyl (C=O) groups is 2. The Morgan fingerprint density at radius 2 is 1.88 bits per heavy atom. The topological polar surface area (TPSA) is 49.4 Å². The molecule has 1 aliphatic rings. The lowest BCUT2D eigenvalue weighted by Gasteiger charge is -2.17. The van der Waals surface area contributed by atoms with Crippen molar-refractivity contribution in [1.82, 2.24) is 0 Å². The molecule has 4 rings (SSSR count). The van der Waals surface area contributed by atoms with E-state index in [0.717, 1.165) is 22.0 Å². The van der Waals surface area contributed by atoms with Crippen LogP contribution in [0.5, 0.6) is 0 Å². The highest BCUT2D eigenvalue weighted by Crippen LogP contribution is 2.36. The summed E-state index contributed by atoms with van der Waals surface area (Å²) in [6.07, 6.45) is 0. The number of amides is 2. The van der Waals surface area contributed by atoms with Crippen LogP contribution in [0.2, 0.25) is 0 Å². The fourth-order valence-corrected chi connectivity index (χ4v) is 3.20. The first-order chi connectivity index (χ1) is 12.0. The number of nitrogens with zero attached hydrogens (tertiary/aromatic N) is 1. The van der Waals surface area contributed by atoms with Crippen LogP contribution in [0.3, 0.4) is 0 Å². The third-order valence-electron chi connectivity index (χ3n) is 4.42. The predicted octanol–water partition coefficient (Wildman–Crippen LogP) is 3.89. The molecule has 0 unspecified atom stereocenters. The van der Waals surface area contributed by atoms with Gasteiger partial charge >= 0.3 is 0 Å². The Balaban J connectivity index is 1.62. The highest BCUT2D eigenvalue weighted by molar-refractivity contribution is 6.26. The monoisotopic (exact) mass is 334 g/mol. The van der Waals surface area contributed by atoms with Crippen LogP contribution in [0.1, 0.15) is 15.9 Å². The van der Waals surface area contributed by atoms with Crippen LogP contribution in [-0.4, -0.2) is 18.4 Å². The van der Waals surface area contributed by atoms with E-state index in [9.17, 15) is 14.0 Å². The third-order valence-corrected chi connectivity index (χ3v) is 4.42. The zero-order chi connectivity index (χ0) is 17.6. The number of halogens is 1. The van der Waals surface area contributed by atoms with Crippen molar-refractivity contribution >= 4 is 34.0 Å². The Hall–Kier alpha value is -3.21. The average molecular weight is 334 g/mol. The molecular formula is C20H15FN2O2. The second kappa shape index (κ2) is 5.70. The standard InChI is InChI=1S/C20H15FN2O2/c1-12-8-9-14(21)10-16(12)22-18(24)11-23-17-7-3-5-13-4-2-6-15(19(13)17)20(23)25/h2-10H,11H2,1H3,(H,22,24). The normalized spacial score (nSPS) is 12.7. The lowest BCUT2D eigenvalue weighted by Crippen LogP contribution is -2.35. The fourth-order valence-electron chi connectivity index (χ4n) is 3.20. The number of carbonyl (C=O) groups excluding carboxylic acids is 2. The van der Waals surface area contributed by atoms with E-state index in [4.69, 9.17) is 0 Å². The molecule has 1 heterocycles. The number of hydrogen-bond donors (Lipinski definition) is 1. The summed E-state index contributed by atoms with van der Waals surface area (Å²) >= 11 is 0. The number of aryl methyl sites for hydroxylation is 1. The first-order valence-electron chi connectivity index (χ1n) is 7.94. The predicted molar refractivity (Wildman–Crippen MR) is 95.4 cm³/mol. The SMILES string of the molecule is Cc1ccc(F)cc1NC(=O)CN1C(=O)c2cccc3cccc1c23. The molecule has 0 radical (unpaired) electrons. The first-order valence-corrected chi connectivity index (χ1v) is 7.94. The van der Waals surface area contributed by atoms with Crippen LogP contribution in [0.25, 0.3) is 10.8 Å². The van der Waals surface area contributed by atoms with Crippen molar-refractivity contribution in [2.75, 3.05) is 16.8 Å². The Kier molecular flexibility index (Phi) is 3.50. The first kappa shape index (κ1) is 15.3. The lowest BCUT2D eigenvalue weighted by molar-refractivity contribution is -0.114. The maximum atomic E-state index is 13.4. The quantitative estimate of drug-likeness (QED) is 0.790. The van der Waals surface area contributed by atoms with E-state index in [0.29, 0.717) is 11.3 Å². The molecule has 5 heteroatoms. The van der Waals surface area contributed by atoms with Gasteiger partial charge in [-0.15, -0.1) is 0 Å². The van der Waals surface area contributed by atoms with Gasteiger partial charge in [0, 0.05) is 16.6 Å². The summed E-state index contributed by atoms with van der Waals surface area (Å²) in [5, 5.41) is 4.51. The van der Waals surface area contributed by atoms with E-state index < -0.39 is 5.82 Å². The third kappa shape index (κ3) is 2.54. The number of nitrogens with one attached hydrogen (secondary N) is 1. The van der Waals surface area contributed by atoms with E-state index in [1.165, 1.54) is 17.0 Å². The fraction of sp³-hybridized carbons (Fsp3) is 0.100. The van der Waals surface area contributed by atoms with Gasteiger partial charge in [-0.1, -0.05) is 30.3 Å². The van der Waals surface area contributed by atoms with Gasteiger partial charge in [-0.2, -0.15) is 0 Å². The maximum Gasteiger partial charge on any atom is 0.259 e. The summed E-state index contributed by atoms with van der Waals surface area (Å²) in [4.78, 5) is 26.6. The second-order valence-corrected chi connectivity index (χ2v) is 6.08. The molecule has 2 amide bonds. The maximum absolute atomic E-state index is 13.4. The zero-order valence-electron chi connectivity index (χ0n) is 13.5. The molecule has 0 saturated heterocycles. The smallest absolute Gasteiger partial charge is 0.259 e. The van der Waals surface area contributed by atoms with E-state index >= 15 is 0 Å². The Labute approximate surface area is 143 Å². The minimum atomic E-state index is -0.421. The molecule has 25 heavy (non-hydrogen) atoms. The van der Waals surface area contributed by atoms with Crippen LogP contribution < -0.4 is 10.2 Å². The molecule has 1 aliphatic heterocycles. The molecule has 0 fully saturated rings. The molecule has 4 nitrogen and oxygen atoms in total. The molecule has 0 atom stereocenters. The van der Waals surface area contributed by atoms with Crippen molar-refractivity contribution in [3.63, 3.8) is 0 Å². The van der Waals surface area contributed by atoms with Crippen molar-refractivity contribution in [2.45, 2.75) is 6.92 Å². The van der Waals surface area contributed by atoms with E-state index in [1.54, 1.807) is 19.1 Å². The second-order valence-electron chi connectivity index (χ2n) is 6.08. The number of hydrogen-bond acceptors (Lipinski definition) is 2. The van der Waals surface area contributed by atoms with Gasteiger partial charge in [0.15, 0.2) is 0 Å². The summed E-state index contributed by atoms with van der Waals surface area (Å²) in [6.45, 7) is 1.66. The van der Waals surface area contributed by atoms with Gasteiger partial charge in [-0.25, -0.2) is 4.39 Å². The molecule has 0 aromatic heterocycles. The molecular weight excluding hydrogens is 319 g/mol. The molecule has 0 bridgehead atoms. The molecule has 3 aromatic rings. The van der Waals surface area contributed by atoms with Gasteiger partial charge in [0.1, 0.15) is 12.4 Å². The van der Waals surface area contributed by atoms with Crippen molar-refractivity contribution in [2.24, 2.45) is 0 Å². The molecule has 3 aromatic carbocycles. The summed E-state index contributed by atoms with van der Waals surface area (Å²) in [6, 6.07) is 15.4. The summed E-state index contributed by atoms with van der Waals surface area (Å²) in [7, 11) is 0. The summed E-state index contributed by atoms with van der Waals surface area (Å²) < 4.78 is 13.4. The van der Waals surface area contributed by atoms with Gasteiger partial charge in [-0.3, -0.25) is 14.5 Å². The van der Waals surface area contributed by atoms with Crippen molar-refractivity contribution < 1.29 is 14.0 Å². The Bertz CT molecular complexity index is 1020. The minimum absolute atomic E-state index is 0.122. The van der Waals surface area contributed by atoms with Crippen molar-refractivity contribution in [3.05, 3.63) is 71.5 Å². The zero-order valence-corrected chi connectivity index (χ0v) is 13.5. The van der Waals surface area contributed by atoms with Gasteiger partial charge in [0.05, 0.1) is 5.69 Å². The van der Waals surface area contributed by atoms with E-state index in [1.807, 2.05) is 30.3 Å². The molecule has 0 saturated carbocycles. The van der Waals surface area contributed by atoms with E-state index in [-0.39, 0.29) is 18.4 Å². The summed E-state index contributed by atoms with van der Waals surface area (Å²) in [5.41, 5.74) is 2.49. The average Bonchev–Trinajstić information content (AvgIpc) is 2.86. The molecule has 124 valence electrons. The van der Waals surface area contributed by atoms with Crippen LogP contribution in [-0.2, 0) is 4.79 Å². The van der Waals surface area contributed by atoms with Crippen molar-refractivity contribution in [3.8, 4) is 0 Å². The molecule has 1 N–H and O–H groups in total.